The van der Waals surface area contributed by atoms with E-state index in [2.05, 4.69) is 0 Å². The molecule has 0 aliphatic heterocycles. The van der Waals surface area contributed by atoms with Crippen LogP contribution in [0.4, 0.5) is 0 Å². The molecule has 1 radical (unpaired) electrons. The Hall–Kier alpha value is 0.244. The molecule has 0 aliphatic carbocycles. The zero-order chi connectivity index (χ0) is 7.40. The van der Waals surface area contributed by atoms with Crippen molar-refractivity contribution < 1.29 is 42.9 Å². The van der Waals surface area contributed by atoms with E-state index >= 15 is 0 Å². The molecule has 1 aromatic rings. The summed E-state index contributed by atoms with van der Waals surface area (Å²) in [5.41, 5.74) is 1.74. The van der Waals surface area contributed by atoms with E-state index in [1.165, 1.54) is 0 Å². The monoisotopic (exact) mass is 227 g/mol. The van der Waals surface area contributed by atoms with E-state index in [0.717, 1.165) is 11.1 Å². The second kappa shape index (κ2) is 5.84. The fraction of sp³-hybridized carbons (Fsp3) is 0.250. The molecule has 2 nitrogen and oxygen atoms in total. The SMILES string of the molecule is OCc1ccc(CO)cc1.[Y]. The molecule has 3 heteroatoms. The Morgan fingerprint density at radius 2 is 1.09 bits per heavy atom. The Kier molecular flexibility index (Phi) is 5.97. The van der Waals surface area contributed by atoms with Crippen molar-refractivity contribution in [1.29, 1.82) is 0 Å². The van der Waals surface area contributed by atoms with Crippen molar-refractivity contribution in [3.8, 4) is 0 Å². The molecule has 0 saturated carbocycles. The molecule has 0 amide bonds. The first kappa shape index (κ1) is 11.2. The summed E-state index contributed by atoms with van der Waals surface area (Å²) in [5.74, 6) is 0. The first-order valence-corrected chi connectivity index (χ1v) is 3.16. The molecule has 0 atom stereocenters. The maximum absolute atomic E-state index is 8.64. The van der Waals surface area contributed by atoms with Crippen molar-refractivity contribution in [1.82, 2.24) is 0 Å². The van der Waals surface area contributed by atoms with Gasteiger partial charge in [-0.2, -0.15) is 0 Å². The third-order valence-electron chi connectivity index (χ3n) is 1.39. The van der Waals surface area contributed by atoms with E-state index < -0.39 is 0 Å². The van der Waals surface area contributed by atoms with Crippen LogP contribution in [-0.2, 0) is 45.9 Å². The van der Waals surface area contributed by atoms with Crippen LogP contribution in [0.15, 0.2) is 24.3 Å². The van der Waals surface area contributed by atoms with Gasteiger partial charge in [0.25, 0.3) is 0 Å². The normalized spacial score (nSPS) is 8.91. The molecular formula is C8H10O2Y. The molecule has 0 fully saturated rings. The van der Waals surface area contributed by atoms with Gasteiger partial charge in [-0.15, -0.1) is 0 Å². The molecule has 0 unspecified atom stereocenters. The maximum Gasteiger partial charge on any atom is 0.0681 e. The zero-order valence-electron chi connectivity index (χ0n) is 6.20. The van der Waals surface area contributed by atoms with Crippen LogP contribution in [0.2, 0.25) is 0 Å². The smallest absolute Gasteiger partial charge is 0.0681 e. The van der Waals surface area contributed by atoms with E-state index in [1.807, 2.05) is 0 Å². The van der Waals surface area contributed by atoms with Crippen LogP contribution in [0.1, 0.15) is 11.1 Å². The van der Waals surface area contributed by atoms with Gasteiger partial charge in [0.2, 0.25) is 0 Å². The molecule has 0 aliphatic rings. The molecule has 1 rings (SSSR count). The quantitative estimate of drug-likeness (QED) is 0.779. The minimum atomic E-state index is 0. The fourth-order valence-electron chi connectivity index (χ4n) is 0.750. The van der Waals surface area contributed by atoms with Crippen LogP contribution in [0.3, 0.4) is 0 Å². The second-order valence-corrected chi connectivity index (χ2v) is 2.13. The van der Waals surface area contributed by atoms with Crippen molar-refractivity contribution in [2.45, 2.75) is 13.2 Å². The standard InChI is InChI=1S/C8H10O2.Y/c9-5-7-1-2-8(6-10)4-3-7;/h1-4,9-10H,5-6H2;. The van der Waals surface area contributed by atoms with Gasteiger partial charge >= 0.3 is 0 Å². The largest absolute Gasteiger partial charge is 0.392 e. The number of benzene rings is 1. The molecule has 11 heavy (non-hydrogen) atoms. The van der Waals surface area contributed by atoms with Gasteiger partial charge in [0.1, 0.15) is 0 Å². The van der Waals surface area contributed by atoms with Crippen LogP contribution in [0.5, 0.6) is 0 Å². The molecule has 0 aromatic heterocycles. The Bertz CT molecular complexity index is 173. The first-order chi connectivity index (χ1) is 4.86. The minimum Gasteiger partial charge on any atom is -0.392 e. The van der Waals surface area contributed by atoms with Gasteiger partial charge in [-0.05, 0) is 11.1 Å². The predicted octanol–water partition coefficient (Wildman–Crippen LogP) is 0.669. The fourth-order valence-corrected chi connectivity index (χ4v) is 0.750. The summed E-state index contributed by atoms with van der Waals surface area (Å²) in [6, 6.07) is 7.19. The number of hydrogen-bond donors (Lipinski definition) is 2. The summed E-state index contributed by atoms with van der Waals surface area (Å²) in [6.45, 7) is 0.122. The molecule has 57 valence electrons. The number of aliphatic hydroxyl groups excluding tert-OH is 2. The summed E-state index contributed by atoms with van der Waals surface area (Å²) in [6.07, 6.45) is 0. The third kappa shape index (κ3) is 3.43. The molecule has 1 aromatic carbocycles. The average Bonchev–Trinajstić information content (AvgIpc) is 2.05. The van der Waals surface area contributed by atoms with Gasteiger partial charge < -0.3 is 10.2 Å². The molecular weight excluding hydrogens is 217 g/mol. The molecule has 0 saturated heterocycles. The van der Waals surface area contributed by atoms with Crippen LogP contribution in [-0.4, -0.2) is 10.2 Å². The minimum absolute atomic E-state index is 0. The number of aliphatic hydroxyl groups is 2. The average molecular weight is 227 g/mol. The summed E-state index contributed by atoms with van der Waals surface area (Å²) in [7, 11) is 0. The van der Waals surface area contributed by atoms with Gasteiger partial charge in [0.15, 0.2) is 0 Å². The summed E-state index contributed by atoms with van der Waals surface area (Å²) >= 11 is 0. The van der Waals surface area contributed by atoms with Gasteiger partial charge in [-0.3, -0.25) is 0 Å². The Labute approximate surface area is 91.1 Å². The van der Waals surface area contributed by atoms with Crippen LogP contribution in [0.25, 0.3) is 0 Å². The Morgan fingerprint density at radius 3 is 1.27 bits per heavy atom. The van der Waals surface area contributed by atoms with Crippen molar-refractivity contribution in [2.24, 2.45) is 0 Å². The predicted molar refractivity (Wildman–Crippen MR) is 38.3 cm³/mol. The van der Waals surface area contributed by atoms with Crippen molar-refractivity contribution >= 4 is 0 Å². The van der Waals surface area contributed by atoms with E-state index in [9.17, 15) is 0 Å². The van der Waals surface area contributed by atoms with Crippen molar-refractivity contribution in [3.63, 3.8) is 0 Å². The molecule has 2 N–H and O–H groups in total. The molecule has 0 heterocycles. The van der Waals surface area contributed by atoms with Crippen LogP contribution < -0.4 is 0 Å². The summed E-state index contributed by atoms with van der Waals surface area (Å²) in [5, 5.41) is 17.3. The van der Waals surface area contributed by atoms with E-state index in [4.69, 9.17) is 10.2 Å². The van der Waals surface area contributed by atoms with E-state index in [-0.39, 0.29) is 45.9 Å². The van der Waals surface area contributed by atoms with Gasteiger partial charge in [0, 0.05) is 32.7 Å². The van der Waals surface area contributed by atoms with E-state index in [0.29, 0.717) is 0 Å². The maximum atomic E-state index is 8.64. The Balaban J connectivity index is 0.000001000. The van der Waals surface area contributed by atoms with E-state index in [1.54, 1.807) is 24.3 Å². The summed E-state index contributed by atoms with van der Waals surface area (Å²) in [4.78, 5) is 0. The second-order valence-electron chi connectivity index (χ2n) is 2.13. The first-order valence-electron chi connectivity index (χ1n) is 3.16. The number of hydrogen-bond acceptors (Lipinski definition) is 2. The topological polar surface area (TPSA) is 40.5 Å². The van der Waals surface area contributed by atoms with Gasteiger partial charge in [0.05, 0.1) is 13.2 Å². The van der Waals surface area contributed by atoms with Gasteiger partial charge in [-0.25, -0.2) is 0 Å². The zero-order valence-corrected chi connectivity index (χ0v) is 9.03. The van der Waals surface area contributed by atoms with Gasteiger partial charge in [-0.1, -0.05) is 24.3 Å². The van der Waals surface area contributed by atoms with Crippen molar-refractivity contribution in [2.75, 3.05) is 0 Å². The Morgan fingerprint density at radius 1 is 0.818 bits per heavy atom. The molecule has 0 spiro atoms. The molecule has 0 bridgehead atoms. The summed E-state index contributed by atoms with van der Waals surface area (Å²) < 4.78 is 0. The number of rotatable bonds is 2. The third-order valence-corrected chi connectivity index (χ3v) is 1.39. The van der Waals surface area contributed by atoms with Crippen LogP contribution >= 0.6 is 0 Å². The van der Waals surface area contributed by atoms with Crippen molar-refractivity contribution in [3.05, 3.63) is 35.4 Å². The van der Waals surface area contributed by atoms with Crippen LogP contribution in [0, 0.1) is 0 Å².